The highest BCUT2D eigenvalue weighted by Gasteiger charge is 2.34. The maximum absolute atomic E-state index is 12.3. The Kier molecular flexibility index (Phi) is 4.43. The lowest BCUT2D eigenvalue weighted by atomic mass is 9.96. The molecule has 1 aromatic heterocycles. The van der Waals surface area contributed by atoms with Gasteiger partial charge in [-0.3, -0.25) is 4.79 Å². The van der Waals surface area contributed by atoms with Gasteiger partial charge >= 0.3 is 0 Å². The van der Waals surface area contributed by atoms with E-state index in [0.717, 1.165) is 13.0 Å². The number of aromatic nitrogens is 2. The van der Waals surface area contributed by atoms with Crippen molar-refractivity contribution in [2.24, 2.45) is 0 Å². The summed E-state index contributed by atoms with van der Waals surface area (Å²) in [6.07, 6.45) is 1.33. The molecule has 0 saturated carbocycles. The van der Waals surface area contributed by atoms with Crippen LogP contribution in [0, 0.1) is 6.92 Å². The van der Waals surface area contributed by atoms with Gasteiger partial charge in [0.2, 0.25) is 11.8 Å². The Morgan fingerprint density at radius 2 is 1.96 bits per heavy atom. The van der Waals surface area contributed by atoms with Crippen LogP contribution in [0.2, 0.25) is 0 Å². The highest BCUT2D eigenvalue weighted by molar-refractivity contribution is 5.79. The zero-order chi connectivity index (χ0) is 17.3. The Balaban J connectivity index is 1.61. The van der Waals surface area contributed by atoms with Crippen LogP contribution in [0.15, 0.2) is 28.8 Å². The predicted molar refractivity (Wildman–Crippen MR) is 91.8 cm³/mol. The molecule has 1 aromatic carbocycles. The third-order valence-corrected chi connectivity index (χ3v) is 4.47. The molecule has 0 spiro atoms. The number of amides is 1. The average molecular weight is 327 g/mol. The van der Waals surface area contributed by atoms with Crippen LogP contribution in [0.4, 0.5) is 0 Å². The Bertz CT molecular complexity index is 713. The predicted octanol–water partition coefficient (Wildman–Crippen LogP) is 3.23. The SMILES string of the molecule is Cc1ccc(CCN2CC(c3nc(C(C)(C)C)no3)CC2=O)cc1. The molecule has 2 aromatic rings. The molecule has 1 fully saturated rings. The fourth-order valence-electron chi connectivity index (χ4n) is 2.88. The number of carbonyl (C=O) groups is 1. The van der Waals surface area contributed by atoms with Gasteiger partial charge in [-0.2, -0.15) is 4.98 Å². The molecule has 5 heteroatoms. The van der Waals surface area contributed by atoms with Crippen LogP contribution in [0.3, 0.4) is 0 Å². The first kappa shape index (κ1) is 16.7. The van der Waals surface area contributed by atoms with Crippen LogP contribution in [0.1, 0.15) is 56.0 Å². The lowest BCUT2D eigenvalue weighted by molar-refractivity contribution is -0.127. The lowest BCUT2D eigenvalue weighted by Gasteiger charge is -2.16. The third-order valence-electron chi connectivity index (χ3n) is 4.47. The van der Waals surface area contributed by atoms with Crippen LogP contribution < -0.4 is 0 Å². The van der Waals surface area contributed by atoms with Crippen LogP contribution in [0.5, 0.6) is 0 Å². The highest BCUT2D eigenvalue weighted by Crippen LogP contribution is 2.29. The largest absolute Gasteiger partial charge is 0.342 e. The summed E-state index contributed by atoms with van der Waals surface area (Å²) in [5.41, 5.74) is 2.36. The molecule has 128 valence electrons. The molecule has 1 aliphatic rings. The van der Waals surface area contributed by atoms with Gasteiger partial charge in [0.25, 0.3) is 0 Å². The summed E-state index contributed by atoms with van der Waals surface area (Å²) in [6.45, 7) is 9.63. The summed E-state index contributed by atoms with van der Waals surface area (Å²) in [5, 5.41) is 4.07. The van der Waals surface area contributed by atoms with Gasteiger partial charge in [-0.15, -0.1) is 0 Å². The molecule has 0 bridgehead atoms. The minimum Gasteiger partial charge on any atom is -0.342 e. The number of aryl methyl sites for hydroxylation is 1. The molecular formula is C19H25N3O2. The minimum absolute atomic E-state index is 0.0131. The van der Waals surface area contributed by atoms with Crippen molar-refractivity contribution >= 4 is 5.91 Å². The van der Waals surface area contributed by atoms with Gasteiger partial charge in [0.1, 0.15) is 0 Å². The monoisotopic (exact) mass is 327 g/mol. The van der Waals surface area contributed by atoms with Crippen molar-refractivity contribution in [3.63, 3.8) is 0 Å². The molecule has 5 nitrogen and oxygen atoms in total. The Morgan fingerprint density at radius 1 is 1.25 bits per heavy atom. The third kappa shape index (κ3) is 3.66. The Labute approximate surface area is 143 Å². The summed E-state index contributed by atoms with van der Waals surface area (Å²) < 4.78 is 5.41. The molecular weight excluding hydrogens is 302 g/mol. The van der Waals surface area contributed by atoms with Crippen molar-refractivity contribution in [2.45, 2.75) is 51.9 Å². The van der Waals surface area contributed by atoms with E-state index in [1.807, 2.05) is 4.90 Å². The summed E-state index contributed by atoms with van der Waals surface area (Å²) in [6, 6.07) is 8.47. The summed E-state index contributed by atoms with van der Waals surface area (Å²) in [5.74, 6) is 1.47. The summed E-state index contributed by atoms with van der Waals surface area (Å²) in [4.78, 5) is 18.7. The van der Waals surface area contributed by atoms with E-state index >= 15 is 0 Å². The van der Waals surface area contributed by atoms with Gasteiger partial charge in [-0.25, -0.2) is 0 Å². The van der Waals surface area contributed by atoms with E-state index in [2.05, 4.69) is 62.1 Å². The zero-order valence-electron chi connectivity index (χ0n) is 14.9. The molecule has 0 radical (unpaired) electrons. The van der Waals surface area contributed by atoms with Gasteiger partial charge in [-0.05, 0) is 18.9 Å². The second kappa shape index (κ2) is 6.38. The van der Waals surface area contributed by atoms with E-state index in [0.29, 0.717) is 24.7 Å². The van der Waals surface area contributed by atoms with E-state index in [4.69, 9.17) is 4.52 Å². The number of likely N-dealkylation sites (tertiary alicyclic amines) is 1. The van der Waals surface area contributed by atoms with E-state index in [-0.39, 0.29) is 17.2 Å². The molecule has 3 rings (SSSR count). The van der Waals surface area contributed by atoms with Crippen LogP contribution >= 0.6 is 0 Å². The first-order valence-corrected chi connectivity index (χ1v) is 8.50. The smallest absolute Gasteiger partial charge is 0.232 e. The van der Waals surface area contributed by atoms with Gasteiger partial charge < -0.3 is 9.42 Å². The molecule has 0 N–H and O–H groups in total. The number of nitrogens with zero attached hydrogens (tertiary/aromatic N) is 3. The van der Waals surface area contributed by atoms with E-state index in [9.17, 15) is 4.79 Å². The van der Waals surface area contributed by atoms with E-state index in [1.165, 1.54) is 11.1 Å². The average Bonchev–Trinajstić information content (AvgIpc) is 3.13. The second-order valence-electron chi connectivity index (χ2n) is 7.68. The van der Waals surface area contributed by atoms with E-state index in [1.54, 1.807) is 0 Å². The number of benzene rings is 1. The van der Waals surface area contributed by atoms with Crippen molar-refractivity contribution in [1.82, 2.24) is 15.0 Å². The van der Waals surface area contributed by atoms with Crippen molar-refractivity contribution < 1.29 is 9.32 Å². The Morgan fingerprint density at radius 3 is 2.58 bits per heavy atom. The molecule has 24 heavy (non-hydrogen) atoms. The molecule has 0 aliphatic carbocycles. The van der Waals surface area contributed by atoms with Gasteiger partial charge in [0, 0.05) is 24.9 Å². The first-order valence-electron chi connectivity index (χ1n) is 8.50. The van der Waals surface area contributed by atoms with Crippen LogP contribution in [-0.2, 0) is 16.6 Å². The van der Waals surface area contributed by atoms with E-state index < -0.39 is 0 Å². The molecule has 1 unspecified atom stereocenters. The van der Waals surface area contributed by atoms with Crippen molar-refractivity contribution in [1.29, 1.82) is 0 Å². The Hall–Kier alpha value is -2.17. The standard InChI is InChI=1S/C19H25N3O2/c1-13-5-7-14(8-6-13)9-10-22-12-15(11-16(22)23)17-20-18(21-24-17)19(2,3)4/h5-8,15H,9-12H2,1-4H3. The van der Waals surface area contributed by atoms with Crippen molar-refractivity contribution in [3.8, 4) is 0 Å². The highest BCUT2D eigenvalue weighted by atomic mass is 16.5. The maximum Gasteiger partial charge on any atom is 0.232 e. The van der Waals surface area contributed by atoms with Crippen molar-refractivity contribution in [3.05, 3.63) is 47.1 Å². The number of rotatable bonds is 4. The molecule has 1 amide bonds. The first-order chi connectivity index (χ1) is 11.3. The van der Waals surface area contributed by atoms with Gasteiger partial charge in [-0.1, -0.05) is 55.8 Å². The molecule has 1 aliphatic heterocycles. The molecule has 2 heterocycles. The lowest BCUT2D eigenvalue weighted by Crippen LogP contribution is -2.27. The summed E-state index contributed by atoms with van der Waals surface area (Å²) in [7, 11) is 0. The van der Waals surface area contributed by atoms with Crippen LogP contribution in [0.25, 0.3) is 0 Å². The minimum atomic E-state index is -0.143. The number of carbonyl (C=O) groups excluding carboxylic acids is 1. The van der Waals surface area contributed by atoms with Crippen LogP contribution in [-0.4, -0.2) is 34.0 Å². The normalized spacial score (nSPS) is 18.4. The van der Waals surface area contributed by atoms with Crippen molar-refractivity contribution in [2.75, 3.05) is 13.1 Å². The number of hydrogen-bond acceptors (Lipinski definition) is 4. The molecule has 1 atom stereocenters. The summed E-state index contributed by atoms with van der Waals surface area (Å²) >= 11 is 0. The number of hydrogen-bond donors (Lipinski definition) is 0. The second-order valence-corrected chi connectivity index (χ2v) is 7.68. The fraction of sp³-hybridized carbons (Fsp3) is 0.526. The maximum atomic E-state index is 12.3. The fourth-order valence-corrected chi connectivity index (χ4v) is 2.88. The van der Waals surface area contributed by atoms with Gasteiger partial charge in [0.05, 0.1) is 5.92 Å². The topological polar surface area (TPSA) is 59.2 Å². The zero-order valence-corrected chi connectivity index (χ0v) is 14.9. The van der Waals surface area contributed by atoms with Gasteiger partial charge in [0.15, 0.2) is 5.82 Å². The quantitative estimate of drug-likeness (QED) is 0.865. The molecule has 1 saturated heterocycles.